The molecule has 1 aliphatic rings. The van der Waals surface area contributed by atoms with Crippen molar-refractivity contribution >= 4 is 5.78 Å². The Hall–Kier alpha value is -2.08. The fraction of sp³-hybridized carbons (Fsp3) is 0.333. The van der Waals surface area contributed by atoms with Crippen LogP contribution in [-0.4, -0.2) is 12.4 Å². The number of ether oxygens (including phenoxy) is 1. The Balaban J connectivity index is 2.29. The predicted molar refractivity (Wildman–Crippen MR) is 67.7 cm³/mol. The summed E-state index contributed by atoms with van der Waals surface area (Å²) in [6.45, 7) is 2.34. The topological polar surface area (TPSA) is 50.1 Å². The SMILES string of the molecule is CCOC1=C(C#N)C(=O)CC(c2ccccc2)C1. The van der Waals surface area contributed by atoms with Crippen LogP contribution in [0.4, 0.5) is 0 Å². The van der Waals surface area contributed by atoms with Crippen LogP contribution in [0.3, 0.4) is 0 Å². The van der Waals surface area contributed by atoms with Crippen molar-refractivity contribution < 1.29 is 9.53 Å². The molecule has 0 amide bonds. The molecule has 0 aliphatic heterocycles. The summed E-state index contributed by atoms with van der Waals surface area (Å²) in [6, 6.07) is 11.9. The molecule has 0 spiro atoms. The van der Waals surface area contributed by atoms with Gasteiger partial charge in [0.05, 0.1) is 6.61 Å². The summed E-state index contributed by atoms with van der Waals surface area (Å²) in [5, 5.41) is 9.01. The Labute approximate surface area is 107 Å². The van der Waals surface area contributed by atoms with Crippen molar-refractivity contribution in [2.24, 2.45) is 0 Å². The average Bonchev–Trinajstić information content (AvgIpc) is 2.40. The van der Waals surface area contributed by atoms with Gasteiger partial charge in [0.1, 0.15) is 17.4 Å². The lowest BCUT2D eigenvalue weighted by Crippen LogP contribution is -2.19. The second-order valence-corrected chi connectivity index (χ2v) is 4.28. The number of hydrogen-bond donors (Lipinski definition) is 0. The Morgan fingerprint density at radius 2 is 2.06 bits per heavy atom. The fourth-order valence-corrected chi connectivity index (χ4v) is 2.27. The lowest BCUT2D eigenvalue weighted by Gasteiger charge is -2.24. The van der Waals surface area contributed by atoms with Crippen LogP contribution in [0.5, 0.6) is 0 Å². The lowest BCUT2D eigenvalue weighted by atomic mass is 9.83. The molecular formula is C15H15NO2. The maximum absolute atomic E-state index is 11.9. The van der Waals surface area contributed by atoms with Crippen molar-refractivity contribution in [2.75, 3.05) is 6.61 Å². The minimum absolute atomic E-state index is 0.110. The summed E-state index contributed by atoms with van der Waals surface area (Å²) >= 11 is 0. The van der Waals surface area contributed by atoms with E-state index in [0.717, 1.165) is 5.56 Å². The highest BCUT2D eigenvalue weighted by atomic mass is 16.5. The minimum Gasteiger partial charge on any atom is -0.497 e. The van der Waals surface area contributed by atoms with Crippen molar-refractivity contribution in [3.05, 3.63) is 47.2 Å². The summed E-state index contributed by atoms with van der Waals surface area (Å²) in [4.78, 5) is 11.9. The maximum atomic E-state index is 11.9. The minimum atomic E-state index is -0.110. The van der Waals surface area contributed by atoms with Gasteiger partial charge in [-0.2, -0.15) is 5.26 Å². The Kier molecular flexibility index (Phi) is 3.78. The van der Waals surface area contributed by atoms with Gasteiger partial charge in [0.25, 0.3) is 0 Å². The van der Waals surface area contributed by atoms with E-state index in [1.165, 1.54) is 0 Å². The first kappa shape index (κ1) is 12.4. The van der Waals surface area contributed by atoms with E-state index in [9.17, 15) is 4.79 Å². The molecule has 0 heterocycles. The quantitative estimate of drug-likeness (QED) is 0.817. The first-order valence-electron chi connectivity index (χ1n) is 6.10. The van der Waals surface area contributed by atoms with E-state index in [0.29, 0.717) is 25.2 Å². The molecule has 3 nitrogen and oxygen atoms in total. The van der Waals surface area contributed by atoms with E-state index < -0.39 is 0 Å². The molecular weight excluding hydrogens is 226 g/mol. The molecule has 92 valence electrons. The Bertz CT molecular complexity index is 511. The second kappa shape index (κ2) is 5.50. The zero-order chi connectivity index (χ0) is 13.0. The van der Waals surface area contributed by atoms with E-state index in [1.54, 1.807) is 0 Å². The zero-order valence-corrected chi connectivity index (χ0v) is 10.3. The maximum Gasteiger partial charge on any atom is 0.177 e. The lowest BCUT2D eigenvalue weighted by molar-refractivity contribution is -0.116. The van der Waals surface area contributed by atoms with Gasteiger partial charge in [0.2, 0.25) is 0 Å². The van der Waals surface area contributed by atoms with E-state index >= 15 is 0 Å². The summed E-state index contributed by atoms with van der Waals surface area (Å²) in [7, 11) is 0. The molecule has 18 heavy (non-hydrogen) atoms. The predicted octanol–water partition coefficient (Wildman–Crippen LogP) is 2.95. The van der Waals surface area contributed by atoms with Gasteiger partial charge >= 0.3 is 0 Å². The van der Waals surface area contributed by atoms with Crippen molar-refractivity contribution in [1.82, 2.24) is 0 Å². The molecule has 1 unspecified atom stereocenters. The highest BCUT2D eigenvalue weighted by Gasteiger charge is 2.29. The summed E-state index contributed by atoms with van der Waals surface area (Å²) < 4.78 is 5.44. The summed E-state index contributed by atoms with van der Waals surface area (Å²) in [5.41, 5.74) is 1.32. The average molecular weight is 241 g/mol. The van der Waals surface area contributed by atoms with Gasteiger partial charge in [-0.25, -0.2) is 0 Å². The number of nitrogens with zero attached hydrogens (tertiary/aromatic N) is 1. The van der Waals surface area contributed by atoms with E-state index in [1.807, 2.05) is 43.3 Å². The molecule has 3 heteroatoms. The van der Waals surface area contributed by atoms with Gasteiger partial charge in [-0.15, -0.1) is 0 Å². The number of ketones is 1. The molecule has 1 aliphatic carbocycles. The molecule has 0 saturated heterocycles. The summed E-state index contributed by atoms with van der Waals surface area (Å²) in [6.07, 6.45) is 1.02. The first-order chi connectivity index (χ1) is 8.76. The van der Waals surface area contributed by atoms with Gasteiger partial charge in [-0.3, -0.25) is 4.79 Å². The number of hydrogen-bond acceptors (Lipinski definition) is 3. The van der Waals surface area contributed by atoms with Crippen LogP contribution in [-0.2, 0) is 9.53 Å². The first-order valence-corrected chi connectivity index (χ1v) is 6.10. The van der Waals surface area contributed by atoms with E-state index in [2.05, 4.69) is 0 Å². The van der Waals surface area contributed by atoms with Crippen LogP contribution in [0.15, 0.2) is 41.7 Å². The number of carbonyl (C=O) groups is 1. The van der Waals surface area contributed by atoms with Gasteiger partial charge in [-0.05, 0) is 18.4 Å². The highest BCUT2D eigenvalue weighted by Crippen LogP contribution is 2.34. The third-order valence-electron chi connectivity index (χ3n) is 3.12. The third kappa shape index (κ3) is 2.43. The van der Waals surface area contributed by atoms with Crippen molar-refractivity contribution in [1.29, 1.82) is 5.26 Å². The highest BCUT2D eigenvalue weighted by molar-refractivity contribution is 6.00. The van der Waals surface area contributed by atoms with Crippen LogP contribution >= 0.6 is 0 Å². The Morgan fingerprint density at radius 3 is 2.67 bits per heavy atom. The second-order valence-electron chi connectivity index (χ2n) is 4.28. The molecule has 0 radical (unpaired) electrons. The molecule has 2 rings (SSSR count). The zero-order valence-electron chi connectivity index (χ0n) is 10.3. The van der Waals surface area contributed by atoms with Crippen molar-refractivity contribution in [3.63, 3.8) is 0 Å². The van der Waals surface area contributed by atoms with Crippen LogP contribution in [0.2, 0.25) is 0 Å². The van der Waals surface area contributed by atoms with Gasteiger partial charge < -0.3 is 4.74 Å². The Morgan fingerprint density at radius 1 is 1.33 bits per heavy atom. The summed E-state index contributed by atoms with van der Waals surface area (Å²) in [5.74, 6) is 0.559. The number of allylic oxidation sites excluding steroid dienone is 2. The number of nitriles is 1. The monoisotopic (exact) mass is 241 g/mol. The smallest absolute Gasteiger partial charge is 0.177 e. The van der Waals surface area contributed by atoms with Crippen molar-refractivity contribution in [2.45, 2.75) is 25.7 Å². The molecule has 0 N–H and O–H groups in total. The van der Waals surface area contributed by atoms with E-state index in [-0.39, 0.29) is 17.3 Å². The molecule has 1 aromatic carbocycles. The number of carbonyl (C=O) groups excluding carboxylic acids is 1. The number of rotatable bonds is 3. The molecule has 0 bridgehead atoms. The third-order valence-corrected chi connectivity index (χ3v) is 3.12. The van der Waals surface area contributed by atoms with Crippen LogP contribution in [0, 0.1) is 11.3 Å². The normalized spacial score (nSPS) is 19.6. The molecule has 1 atom stereocenters. The molecule has 1 aromatic rings. The standard InChI is InChI=1S/C15H15NO2/c1-2-18-15-9-12(8-14(17)13(15)10-16)11-6-4-3-5-7-11/h3-7,12H,2,8-9H2,1H3. The van der Waals surface area contributed by atoms with E-state index in [4.69, 9.17) is 10.00 Å². The van der Waals surface area contributed by atoms with Crippen molar-refractivity contribution in [3.8, 4) is 6.07 Å². The molecule has 0 fully saturated rings. The van der Waals surface area contributed by atoms with Crippen LogP contribution in [0.1, 0.15) is 31.2 Å². The molecule has 0 aromatic heterocycles. The largest absolute Gasteiger partial charge is 0.497 e. The fourth-order valence-electron chi connectivity index (χ4n) is 2.27. The number of benzene rings is 1. The van der Waals surface area contributed by atoms with Crippen LogP contribution in [0.25, 0.3) is 0 Å². The van der Waals surface area contributed by atoms with Crippen LogP contribution < -0.4 is 0 Å². The van der Waals surface area contributed by atoms with Gasteiger partial charge in [-0.1, -0.05) is 30.3 Å². The van der Waals surface area contributed by atoms with Gasteiger partial charge in [0.15, 0.2) is 5.78 Å². The number of Topliss-reactive ketones (excluding diaryl/α,β-unsaturated/α-hetero) is 1. The van der Waals surface area contributed by atoms with Gasteiger partial charge in [0, 0.05) is 12.8 Å². The molecule has 0 saturated carbocycles.